The van der Waals surface area contributed by atoms with Crippen LogP contribution >= 0.6 is 34.8 Å². The maximum atomic E-state index is 12.5. The Balaban J connectivity index is 1.91. The summed E-state index contributed by atoms with van der Waals surface area (Å²) in [5, 5.41) is 11.8. The summed E-state index contributed by atoms with van der Waals surface area (Å²) in [6.07, 6.45) is 2.89. The first kappa shape index (κ1) is 16.8. The number of rotatable bonds is 4. The van der Waals surface area contributed by atoms with Crippen molar-refractivity contribution in [2.75, 3.05) is 5.32 Å². The molecule has 2 heterocycles. The average Bonchev–Trinajstić information content (AvgIpc) is 2.95. The molecule has 0 aliphatic heterocycles. The van der Waals surface area contributed by atoms with Crippen LogP contribution in [0.15, 0.2) is 35.5 Å². The summed E-state index contributed by atoms with van der Waals surface area (Å²) in [4.78, 5) is 16.5. The van der Waals surface area contributed by atoms with E-state index in [4.69, 9.17) is 34.8 Å². The molecule has 124 valence electrons. The zero-order valence-corrected chi connectivity index (χ0v) is 14.6. The lowest BCUT2D eigenvalue weighted by atomic mass is 10.3. The number of halogens is 3. The highest BCUT2D eigenvalue weighted by molar-refractivity contribution is 6.36. The van der Waals surface area contributed by atoms with Crippen molar-refractivity contribution in [2.45, 2.75) is 6.54 Å². The number of aryl methyl sites for hydroxylation is 1. The fourth-order valence-electron chi connectivity index (χ4n) is 2.04. The van der Waals surface area contributed by atoms with Crippen LogP contribution in [0.4, 0.5) is 5.69 Å². The molecular formula is C14H11Cl3N6O. The molecule has 0 atom stereocenters. The number of aromatic nitrogens is 5. The summed E-state index contributed by atoms with van der Waals surface area (Å²) < 4.78 is 2.73. The summed E-state index contributed by atoms with van der Waals surface area (Å²) in [7, 11) is 1.77. The second kappa shape index (κ2) is 6.80. The van der Waals surface area contributed by atoms with Gasteiger partial charge in [-0.05, 0) is 18.2 Å². The van der Waals surface area contributed by atoms with E-state index in [0.29, 0.717) is 33.8 Å². The van der Waals surface area contributed by atoms with Gasteiger partial charge in [0.15, 0.2) is 0 Å². The van der Waals surface area contributed by atoms with Crippen molar-refractivity contribution >= 4 is 40.5 Å². The molecule has 1 N–H and O–H groups in total. The normalized spacial score (nSPS) is 10.8. The molecule has 24 heavy (non-hydrogen) atoms. The molecule has 0 radical (unpaired) electrons. The van der Waals surface area contributed by atoms with Gasteiger partial charge in [-0.3, -0.25) is 9.48 Å². The van der Waals surface area contributed by atoms with Gasteiger partial charge in [0.05, 0.1) is 29.1 Å². The molecule has 0 saturated carbocycles. The Labute approximate surface area is 151 Å². The molecule has 3 aromatic rings. The Morgan fingerprint density at radius 3 is 2.67 bits per heavy atom. The van der Waals surface area contributed by atoms with Crippen LogP contribution in [-0.4, -0.2) is 24.5 Å². The highest BCUT2D eigenvalue weighted by Gasteiger charge is 2.13. The Morgan fingerprint density at radius 1 is 1.21 bits per heavy atom. The molecule has 0 spiro atoms. The van der Waals surface area contributed by atoms with Crippen LogP contribution in [-0.2, 0) is 13.6 Å². The first-order chi connectivity index (χ1) is 11.5. The van der Waals surface area contributed by atoms with Crippen LogP contribution in [0.3, 0.4) is 0 Å². The number of anilines is 1. The van der Waals surface area contributed by atoms with E-state index < -0.39 is 5.56 Å². The highest BCUT2D eigenvalue weighted by Crippen LogP contribution is 2.24. The molecule has 7 nitrogen and oxygen atoms in total. The lowest BCUT2D eigenvalue weighted by molar-refractivity contribution is 0.711. The van der Waals surface area contributed by atoms with Crippen LogP contribution in [0.1, 0.15) is 5.82 Å². The van der Waals surface area contributed by atoms with Gasteiger partial charge in [0, 0.05) is 12.1 Å². The molecule has 3 rings (SSSR count). The monoisotopic (exact) mass is 384 g/mol. The molecule has 2 aromatic heterocycles. The van der Waals surface area contributed by atoms with E-state index in [-0.39, 0.29) is 5.02 Å². The minimum absolute atomic E-state index is 0.00168. The summed E-state index contributed by atoms with van der Waals surface area (Å²) in [5.41, 5.74) is 0.294. The van der Waals surface area contributed by atoms with Crippen LogP contribution in [0.25, 0.3) is 5.69 Å². The molecule has 0 bridgehead atoms. The number of hydrogen-bond donors (Lipinski definition) is 1. The molecule has 0 aliphatic carbocycles. The third kappa shape index (κ3) is 3.24. The zero-order valence-electron chi connectivity index (χ0n) is 12.4. The van der Waals surface area contributed by atoms with Crippen LogP contribution in [0.5, 0.6) is 0 Å². The van der Waals surface area contributed by atoms with Gasteiger partial charge in [0.1, 0.15) is 17.2 Å². The minimum Gasteiger partial charge on any atom is -0.375 e. The topological polar surface area (TPSA) is 77.6 Å². The van der Waals surface area contributed by atoms with E-state index in [9.17, 15) is 4.79 Å². The smallest absolute Gasteiger partial charge is 0.292 e. The molecule has 0 unspecified atom stereocenters. The van der Waals surface area contributed by atoms with E-state index in [0.717, 1.165) is 4.68 Å². The standard InChI is InChI=1S/C14H11Cl3N6O/c1-22-12(19-7-21-22)6-18-10-5-20-23(14(24)13(10)17)11-3-2-8(15)4-9(11)16/h2-5,7,18H,6H2,1H3. The first-order valence-electron chi connectivity index (χ1n) is 6.77. The van der Waals surface area contributed by atoms with Crippen molar-refractivity contribution in [3.8, 4) is 5.69 Å². The zero-order chi connectivity index (χ0) is 17.3. The molecular weight excluding hydrogens is 375 g/mol. The van der Waals surface area contributed by atoms with Crippen LogP contribution in [0, 0.1) is 0 Å². The fourth-order valence-corrected chi connectivity index (χ4v) is 2.72. The molecule has 1 aromatic carbocycles. The number of nitrogens with one attached hydrogen (secondary N) is 1. The second-order valence-corrected chi connectivity index (χ2v) is 6.06. The van der Waals surface area contributed by atoms with Crippen molar-refractivity contribution in [2.24, 2.45) is 7.05 Å². The van der Waals surface area contributed by atoms with Crippen LogP contribution < -0.4 is 10.9 Å². The van der Waals surface area contributed by atoms with Crippen molar-refractivity contribution in [3.05, 3.63) is 62.0 Å². The minimum atomic E-state index is -0.496. The fraction of sp³-hybridized carbons (Fsp3) is 0.143. The third-order valence-electron chi connectivity index (χ3n) is 3.30. The predicted molar refractivity (Wildman–Crippen MR) is 93.2 cm³/mol. The third-order valence-corrected chi connectivity index (χ3v) is 4.20. The molecule has 0 fully saturated rings. The highest BCUT2D eigenvalue weighted by atomic mass is 35.5. The molecule has 0 saturated heterocycles. The summed E-state index contributed by atoms with van der Waals surface area (Å²) in [6.45, 7) is 0.350. The molecule has 0 aliphatic rings. The van der Waals surface area contributed by atoms with E-state index in [1.807, 2.05) is 0 Å². The number of nitrogens with zero attached hydrogens (tertiary/aromatic N) is 5. The summed E-state index contributed by atoms with van der Waals surface area (Å²) in [5.74, 6) is 0.691. The molecule has 0 amide bonds. The lowest BCUT2D eigenvalue weighted by Crippen LogP contribution is -2.23. The SMILES string of the molecule is Cn1ncnc1CNc1cnn(-c2ccc(Cl)cc2Cl)c(=O)c1Cl. The second-order valence-electron chi connectivity index (χ2n) is 4.84. The Morgan fingerprint density at radius 2 is 2.00 bits per heavy atom. The van der Waals surface area contributed by atoms with E-state index in [1.54, 1.807) is 23.9 Å². The maximum Gasteiger partial charge on any atom is 0.292 e. The summed E-state index contributed by atoms with van der Waals surface area (Å²) >= 11 is 18.1. The van der Waals surface area contributed by atoms with Crippen molar-refractivity contribution in [1.82, 2.24) is 24.5 Å². The largest absolute Gasteiger partial charge is 0.375 e. The Hall–Kier alpha value is -2.09. The van der Waals surface area contributed by atoms with Crippen molar-refractivity contribution in [3.63, 3.8) is 0 Å². The van der Waals surface area contributed by atoms with E-state index >= 15 is 0 Å². The van der Waals surface area contributed by atoms with Gasteiger partial charge in [-0.15, -0.1) is 0 Å². The van der Waals surface area contributed by atoms with E-state index in [1.165, 1.54) is 18.6 Å². The van der Waals surface area contributed by atoms with Gasteiger partial charge in [-0.2, -0.15) is 14.9 Å². The average molecular weight is 386 g/mol. The first-order valence-corrected chi connectivity index (χ1v) is 7.91. The summed E-state index contributed by atoms with van der Waals surface area (Å²) in [6, 6.07) is 4.74. The molecule has 10 heteroatoms. The van der Waals surface area contributed by atoms with Gasteiger partial charge >= 0.3 is 0 Å². The van der Waals surface area contributed by atoms with Crippen molar-refractivity contribution < 1.29 is 0 Å². The maximum absolute atomic E-state index is 12.5. The quantitative estimate of drug-likeness (QED) is 0.747. The predicted octanol–water partition coefficient (Wildman–Crippen LogP) is 2.93. The van der Waals surface area contributed by atoms with Gasteiger partial charge < -0.3 is 5.32 Å². The number of benzene rings is 1. The van der Waals surface area contributed by atoms with Gasteiger partial charge in [-0.25, -0.2) is 4.98 Å². The van der Waals surface area contributed by atoms with Gasteiger partial charge in [0.25, 0.3) is 5.56 Å². The lowest BCUT2D eigenvalue weighted by Gasteiger charge is -2.11. The van der Waals surface area contributed by atoms with Crippen LogP contribution in [0.2, 0.25) is 15.1 Å². The van der Waals surface area contributed by atoms with Gasteiger partial charge in [0.2, 0.25) is 0 Å². The number of hydrogen-bond acceptors (Lipinski definition) is 5. The van der Waals surface area contributed by atoms with E-state index in [2.05, 4.69) is 20.5 Å². The van der Waals surface area contributed by atoms with Gasteiger partial charge in [-0.1, -0.05) is 34.8 Å². The Kier molecular flexibility index (Phi) is 4.75. The van der Waals surface area contributed by atoms with Crippen molar-refractivity contribution in [1.29, 1.82) is 0 Å². The Bertz CT molecular complexity index is 952.